The molecule has 3 aromatic heterocycles. The number of piperidine rings is 1. The second-order valence-corrected chi connectivity index (χ2v) is 11.6. The SMILES string of the molecule is Cc1nc2cnc3cc(F)c(-c4ccc(Oc5ncccn5)cc4Cl)cc3c2n1[C@H]1CCN(CCOS(=O)(=O)O)C[C@@H]1F. The standard InChI is InChI=1S/C28H25ClF2N6O5S/c1-16-35-25-14-34-24-13-22(30)19(18-4-3-17(11-21(18)29)42-28-32-6-2-7-33-28)12-20(24)27(25)37(16)26-5-8-36(15-23(26)31)9-10-41-43(38,39)40/h2-4,6-7,11-14,23,26H,5,8-10,15H2,1H3,(H,38,39,40)/t23-,26-/m0/s1. The second-order valence-electron chi connectivity index (χ2n) is 10.1. The molecule has 1 fully saturated rings. The number of hydrogen-bond acceptors (Lipinski definition) is 9. The van der Waals surface area contributed by atoms with Crippen LogP contribution in [0.2, 0.25) is 5.02 Å². The largest absolute Gasteiger partial charge is 0.424 e. The average molecular weight is 631 g/mol. The van der Waals surface area contributed by atoms with Gasteiger partial charge in [0.1, 0.15) is 29.1 Å². The van der Waals surface area contributed by atoms with Crippen molar-refractivity contribution in [3.05, 3.63) is 71.7 Å². The van der Waals surface area contributed by atoms with E-state index < -0.39 is 28.4 Å². The van der Waals surface area contributed by atoms with E-state index in [9.17, 15) is 8.42 Å². The van der Waals surface area contributed by atoms with Gasteiger partial charge in [0.2, 0.25) is 0 Å². The lowest BCUT2D eigenvalue weighted by Crippen LogP contribution is -2.44. The summed E-state index contributed by atoms with van der Waals surface area (Å²) in [7, 11) is -4.57. The van der Waals surface area contributed by atoms with Crippen LogP contribution in [0.3, 0.4) is 0 Å². The highest BCUT2D eigenvalue weighted by molar-refractivity contribution is 7.80. The summed E-state index contributed by atoms with van der Waals surface area (Å²) in [4.78, 5) is 18.8. The number of aryl methyl sites for hydroxylation is 1. The number of nitrogens with zero attached hydrogens (tertiary/aromatic N) is 6. The number of hydrogen-bond donors (Lipinski definition) is 1. The number of fused-ring (bicyclic) bond motifs is 3. The normalized spacial score (nSPS) is 18.0. The zero-order valence-corrected chi connectivity index (χ0v) is 24.3. The maximum absolute atomic E-state index is 15.7. The summed E-state index contributed by atoms with van der Waals surface area (Å²) in [5.74, 6) is 0.422. The molecular weight excluding hydrogens is 606 g/mol. The van der Waals surface area contributed by atoms with Gasteiger partial charge in [-0.15, -0.1) is 0 Å². The number of alkyl halides is 1. The fourth-order valence-electron chi connectivity index (χ4n) is 5.47. The van der Waals surface area contributed by atoms with Gasteiger partial charge in [0.05, 0.1) is 34.9 Å². The smallest absolute Gasteiger partial charge is 0.397 e. The van der Waals surface area contributed by atoms with E-state index in [1.54, 1.807) is 60.7 Å². The van der Waals surface area contributed by atoms with Crippen LogP contribution in [-0.4, -0.2) is 74.8 Å². The molecule has 11 nitrogen and oxygen atoms in total. The third-order valence-corrected chi connectivity index (χ3v) is 8.10. The lowest BCUT2D eigenvalue weighted by Gasteiger charge is -2.36. The van der Waals surface area contributed by atoms with Crippen molar-refractivity contribution in [2.75, 3.05) is 26.2 Å². The molecule has 0 aliphatic carbocycles. The lowest BCUT2D eigenvalue weighted by atomic mass is 10.00. The van der Waals surface area contributed by atoms with Gasteiger partial charge in [-0.05, 0) is 37.6 Å². The van der Waals surface area contributed by atoms with Gasteiger partial charge < -0.3 is 9.30 Å². The summed E-state index contributed by atoms with van der Waals surface area (Å²) >= 11 is 6.59. The molecule has 1 aliphatic rings. The molecule has 0 radical (unpaired) electrons. The van der Waals surface area contributed by atoms with Gasteiger partial charge in [-0.3, -0.25) is 14.4 Å². The minimum Gasteiger partial charge on any atom is -0.424 e. The highest BCUT2D eigenvalue weighted by Crippen LogP contribution is 2.38. The predicted octanol–water partition coefficient (Wildman–Crippen LogP) is 5.34. The monoisotopic (exact) mass is 630 g/mol. The fraction of sp³-hybridized carbons (Fsp3) is 0.286. The van der Waals surface area contributed by atoms with Gasteiger partial charge in [-0.1, -0.05) is 11.6 Å². The molecule has 1 aliphatic heterocycles. The van der Waals surface area contributed by atoms with Gasteiger partial charge in [-0.25, -0.2) is 27.9 Å². The van der Waals surface area contributed by atoms with Gasteiger partial charge >= 0.3 is 16.4 Å². The minimum atomic E-state index is -4.57. The molecule has 5 aromatic rings. The van der Waals surface area contributed by atoms with E-state index in [0.29, 0.717) is 52.0 Å². The lowest BCUT2D eigenvalue weighted by molar-refractivity contribution is 0.0795. The number of rotatable bonds is 8. The van der Waals surface area contributed by atoms with Crippen LogP contribution in [0.15, 0.2) is 55.0 Å². The van der Waals surface area contributed by atoms with Crippen molar-refractivity contribution in [3.63, 3.8) is 0 Å². The maximum Gasteiger partial charge on any atom is 0.397 e. The Morgan fingerprint density at radius 2 is 1.91 bits per heavy atom. The molecule has 0 bridgehead atoms. The molecule has 15 heteroatoms. The van der Waals surface area contributed by atoms with Crippen molar-refractivity contribution in [1.82, 2.24) is 29.4 Å². The van der Waals surface area contributed by atoms with Crippen molar-refractivity contribution in [1.29, 1.82) is 0 Å². The third kappa shape index (κ3) is 6.15. The Morgan fingerprint density at radius 3 is 2.63 bits per heavy atom. The van der Waals surface area contributed by atoms with Gasteiger partial charge in [-0.2, -0.15) is 8.42 Å². The van der Waals surface area contributed by atoms with E-state index in [4.69, 9.17) is 20.9 Å². The van der Waals surface area contributed by atoms with Crippen molar-refractivity contribution in [2.24, 2.45) is 0 Å². The van der Waals surface area contributed by atoms with Crippen molar-refractivity contribution >= 4 is 43.9 Å². The topological polar surface area (TPSA) is 133 Å². The van der Waals surface area contributed by atoms with E-state index in [1.165, 1.54) is 6.07 Å². The molecule has 1 saturated heterocycles. The molecule has 0 unspecified atom stereocenters. The molecule has 224 valence electrons. The van der Waals surface area contributed by atoms with E-state index in [1.807, 2.05) is 4.57 Å². The van der Waals surface area contributed by atoms with Gasteiger partial charge in [0.25, 0.3) is 0 Å². The summed E-state index contributed by atoms with van der Waals surface area (Å²) in [5, 5.41) is 0.824. The molecule has 1 N–H and O–H groups in total. The maximum atomic E-state index is 15.7. The Hall–Kier alpha value is -3.82. The summed E-state index contributed by atoms with van der Waals surface area (Å²) in [6.45, 7) is 2.11. The van der Waals surface area contributed by atoms with Crippen LogP contribution in [0.4, 0.5) is 8.78 Å². The van der Waals surface area contributed by atoms with Crippen LogP contribution in [-0.2, 0) is 14.6 Å². The highest BCUT2D eigenvalue weighted by atomic mass is 35.5. The van der Waals surface area contributed by atoms with Gasteiger partial charge in [0.15, 0.2) is 0 Å². The number of ether oxygens (including phenoxy) is 1. The Labute approximate surface area is 250 Å². The zero-order valence-electron chi connectivity index (χ0n) is 22.7. The molecule has 4 heterocycles. The summed E-state index contributed by atoms with van der Waals surface area (Å²) < 4.78 is 73.4. The van der Waals surface area contributed by atoms with E-state index in [-0.39, 0.29) is 36.3 Å². The van der Waals surface area contributed by atoms with E-state index >= 15 is 8.78 Å². The second kappa shape index (κ2) is 11.7. The Kier molecular flexibility index (Phi) is 7.96. The van der Waals surface area contributed by atoms with Crippen LogP contribution >= 0.6 is 11.6 Å². The Balaban J connectivity index is 1.34. The minimum absolute atomic E-state index is 0.0273. The fourth-order valence-corrected chi connectivity index (χ4v) is 6.03. The molecule has 43 heavy (non-hydrogen) atoms. The van der Waals surface area contributed by atoms with Crippen LogP contribution < -0.4 is 4.74 Å². The van der Waals surface area contributed by atoms with Crippen LogP contribution in [0.1, 0.15) is 18.3 Å². The van der Waals surface area contributed by atoms with E-state index in [0.717, 1.165) is 0 Å². The number of imidazole rings is 1. The molecule has 0 saturated carbocycles. The van der Waals surface area contributed by atoms with Crippen LogP contribution in [0.5, 0.6) is 11.8 Å². The molecular formula is C28H25ClF2N6O5S. The first kappa shape index (κ1) is 29.3. The Morgan fingerprint density at radius 1 is 1.12 bits per heavy atom. The van der Waals surface area contributed by atoms with Crippen LogP contribution in [0.25, 0.3) is 33.1 Å². The molecule has 2 aromatic carbocycles. The average Bonchev–Trinajstić information content (AvgIpc) is 3.29. The van der Waals surface area contributed by atoms with E-state index in [2.05, 4.69) is 24.1 Å². The van der Waals surface area contributed by atoms with Gasteiger partial charge in [0, 0.05) is 60.7 Å². The molecule has 0 spiro atoms. The third-order valence-electron chi connectivity index (χ3n) is 7.33. The highest BCUT2D eigenvalue weighted by Gasteiger charge is 2.33. The summed E-state index contributed by atoms with van der Waals surface area (Å²) in [6, 6.07) is 9.01. The number of halogens is 3. The molecule has 2 atom stereocenters. The molecule has 0 amide bonds. The first-order valence-electron chi connectivity index (χ1n) is 13.3. The Bertz CT molecular complexity index is 1930. The van der Waals surface area contributed by atoms with Crippen molar-refractivity contribution in [3.8, 4) is 22.9 Å². The first-order valence-corrected chi connectivity index (χ1v) is 15.0. The quantitative estimate of drug-likeness (QED) is 0.224. The summed E-state index contributed by atoms with van der Waals surface area (Å²) in [5.41, 5.74) is 2.19. The van der Waals surface area contributed by atoms with Crippen molar-refractivity contribution in [2.45, 2.75) is 25.6 Å². The summed E-state index contributed by atoms with van der Waals surface area (Å²) in [6.07, 6.45) is 3.70. The number of likely N-dealkylation sites (tertiary alicyclic amines) is 1. The first-order chi connectivity index (χ1) is 20.6. The van der Waals surface area contributed by atoms with Crippen LogP contribution in [0, 0.1) is 12.7 Å². The number of benzene rings is 2. The number of pyridine rings is 1. The molecule has 6 rings (SSSR count). The zero-order chi connectivity index (χ0) is 30.3. The number of aromatic nitrogens is 5. The predicted molar refractivity (Wildman–Crippen MR) is 155 cm³/mol. The van der Waals surface area contributed by atoms with Crippen molar-refractivity contribution < 1.29 is 30.7 Å².